The second-order valence-electron chi connectivity index (χ2n) is 5.71. The molecule has 2 aromatic heterocycles. The number of nitrogens with zero attached hydrogens (tertiary/aromatic N) is 6. The Morgan fingerprint density at radius 2 is 2.19 bits per heavy atom. The first-order chi connectivity index (χ1) is 13.2. The zero-order chi connectivity index (χ0) is 18.6. The molecule has 2 atom stereocenters. The molecule has 1 aliphatic heterocycles. The van der Waals surface area contributed by atoms with Crippen LogP contribution in [0.4, 0.5) is 5.82 Å². The van der Waals surface area contributed by atoms with Crippen molar-refractivity contribution in [2.45, 2.75) is 17.7 Å². The molecule has 0 bridgehead atoms. The fourth-order valence-corrected chi connectivity index (χ4v) is 3.23. The highest BCUT2D eigenvalue weighted by Gasteiger charge is 2.26. The summed E-state index contributed by atoms with van der Waals surface area (Å²) in [6, 6.07) is 6.73. The van der Waals surface area contributed by atoms with Crippen molar-refractivity contribution in [3.63, 3.8) is 0 Å². The van der Waals surface area contributed by atoms with Crippen LogP contribution in [0, 0.1) is 0 Å². The molecule has 9 nitrogen and oxygen atoms in total. The number of hydrogen-bond donors (Lipinski definition) is 0. The van der Waals surface area contributed by atoms with E-state index < -0.39 is 17.3 Å². The predicted octanol–water partition coefficient (Wildman–Crippen LogP) is 1.51. The number of benzene rings is 1. The van der Waals surface area contributed by atoms with E-state index in [2.05, 4.69) is 20.3 Å². The zero-order valence-electron chi connectivity index (χ0n) is 14.1. The summed E-state index contributed by atoms with van der Waals surface area (Å²) >= 11 is -2.29. The van der Waals surface area contributed by atoms with Crippen molar-refractivity contribution < 1.29 is 13.5 Å². The number of hydrogen-bond acceptors (Lipinski definition) is 8. The fourth-order valence-electron chi connectivity index (χ4n) is 2.83. The SMILES string of the molecule is O=S([O-])c1ccc2c(c1)C=CN(c1ccncn1)C2OCCn1ccnn1. The molecule has 0 aliphatic carbocycles. The Morgan fingerprint density at radius 3 is 2.93 bits per heavy atom. The Hall–Kier alpha value is -2.95. The van der Waals surface area contributed by atoms with Gasteiger partial charge in [-0.3, -0.25) is 8.89 Å². The van der Waals surface area contributed by atoms with Gasteiger partial charge in [-0.05, 0) is 40.9 Å². The quantitative estimate of drug-likeness (QED) is 0.589. The third-order valence-electron chi connectivity index (χ3n) is 4.08. The van der Waals surface area contributed by atoms with E-state index in [1.54, 1.807) is 47.5 Å². The molecule has 0 fully saturated rings. The third-order valence-corrected chi connectivity index (χ3v) is 4.72. The van der Waals surface area contributed by atoms with E-state index in [1.807, 2.05) is 17.2 Å². The average molecular weight is 383 g/mol. The van der Waals surface area contributed by atoms with Crippen LogP contribution >= 0.6 is 0 Å². The largest absolute Gasteiger partial charge is 0.768 e. The molecule has 27 heavy (non-hydrogen) atoms. The summed E-state index contributed by atoms with van der Waals surface area (Å²) in [7, 11) is 0. The van der Waals surface area contributed by atoms with Crippen molar-refractivity contribution >= 4 is 23.0 Å². The van der Waals surface area contributed by atoms with Crippen LogP contribution in [0.5, 0.6) is 0 Å². The number of ether oxygens (including phenoxy) is 1. The lowest BCUT2D eigenvalue weighted by Crippen LogP contribution is -2.30. The van der Waals surface area contributed by atoms with E-state index >= 15 is 0 Å². The summed E-state index contributed by atoms with van der Waals surface area (Å²) in [5.41, 5.74) is 1.64. The smallest absolute Gasteiger partial charge is 0.161 e. The Kier molecular flexibility index (Phi) is 5.01. The minimum Gasteiger partial charge on any atom is -0.768 e. The Morgan fingerprint density at radius 1 is 1.26 bits per heavy atom. The van der Waals surface area contributed by atoms with Crippen molar-refractivity contribution in [1.29, 1.82) is 0 Å². The average Bonchev–Trinajstić information content (AvgIpc) is 3.21. The molecule has 1 aliphatic rings. The Balaban J connectivity index is 1.63. The molecule has 0 N–H and O–H groups in total. The first-order valence-electron chi connectivity index (χ1n) is 8.14. The molecule has 0 amide bonds. The molecule has 0 saturated heterocycles. The monoisotopic (exact) mass is 383 g/mol. The highest BCUT2D eigenvalue weighted by atomic mass is 32.2. The lowest BCUT2D eigenvalue weighted by Gasteiger charge is -2.34. The first kappa shape index (κ1) is 17.5. The van der Waals surface area contributed by atoms with Crippen LogP contribution in [0.3, 0.4) is 0 Å². The topological polar surface area (TPSA) is 109 Å². The zero-order valence-corrected chi connectivity index (χ0v) is 14.9. The van der Waals surface area contributed by atoms with E-state index in [0.29, 0.717) is 19.0 Å². The van der Waals surface area contributed by atoms with Crippen LogP contribution < -0.4 is 4.90 Å². The molecular formula is C17H15N6O3S-. The van der Waals surface area contributed by atoms with Crippen molar-refractivity contribution in [3.05, 3.63) is 66.5 Å². The van der Waals surface area contributed by atoms with Crippen LogP contribution in [-0.4, -0.2) is 40.3 Å². The second kappa shape index (κ2) is 7.74. The maximum absolute atomic E-state index is 11.3. The molecule has 3 heterocycles. The van der Waals surface area contributed by atoms with E-state index in [0.717, 1.165) is 11.1 Å². The van der Waals surface area contributed by atoms with Gasteiger partial charge in [-0.1, -0.05) is 11.3 Å². The minimum absolute atomic E-state index is 0.232. The predicted molar refractivity (Wildman–Crippen MR) is 95.9 cm³/mol. The summed E-state index contributed by atoms with van der Waals surface area (Å²) in [6.07, 6.45) is 9.69. The van der Waals surface area contributed by atoms with Crippen LogP contribution in [0.25, 0.3) is 6.08 Å². The van der Waals surface area contributed by atoms with Gasteiger partial charge in [0.1, 0.15) is 12.1 Å². The van der Waals surface area contributed by atoms with Gasteiger partial charge in [0.05, 0.1) is 19.3 Å². The maximum Gasteiger partial charge on any atom is 0.161 e. The summed E-state index contributed by atoms with van der Waals surface area (Å²) in [5, 5.41) is 7.69. The summed E-state index contributed by atoms with van der Waals surface area (Å²) in [5.74, 6) is 0.675. The van der Waals surface area contributed by atoms with Crippen molar-refractivity contribution in [2.75, 3.05) is 11.5 Å². The van der Waals surface area contributed by atoms with Gasteiger partial charge in [0.15, 0.2) is 6.23 Å². The molecule has 0 saturated carbocycles. The van der Waals surface area contributed by atoms with Gasteiger partial charge < -0.3 is 14.2 Å². The first-order valence-corrected chi connectivity index (χ1v) is 9.21. The van der Waals surface area contributed by atoms with Gasteiger partial charge in [0, 0.05) is 29.1 Å². The highest BCUT2D eigenvalue weighted by molar-refractivity contribution is 7.79. The molecule has 4 rings (SSSR count). The van der Waals surface area contributed by atoms with Crippen molar-refractivity contribution in [2.24, 2.45) is 0 Å². The van der Waals surface area contributed by atoms with Gasteiger partial charge in [0.25, 0.3) is 0 Å². The van der Waals surface area contributed by atoms with E-state index in [4.69, 9.17) is 4.74 Å². The van der Waals surface area contributed by atoms with Crippen molar-refractivity contribution in [3.8, 4) is 0 Å². The third kappa shape index (κ3) is 3.77. The Bertz CT molecular complexity index is 964. The van der Waals surface area contributed by atoms with Crippen LogP contribution in [0.1, 0.15) is 17.4 Å². The molecule has 138 valence electrons. The van der Waals surface area contributed by atoms with Crippen LogP contribution in [0.2, 0.25) is 0 Å². The molecule has 3 aromatic rings. The number of rotatable bonds is 6. The van der Waals surface area contributed by atoms with E-state index in [9.17, 15) is 8.76 Å². The number of anilines is 1. The standard InChI is InChI=1S/C17H16N6O3S/c24-27(25)14-1-2-15-13(11-14)4-7-23(16-3-5-18-12-19-16)17(15)26-10-9-22-8-6-20-21-22/h1-8,11-12,17H,9-10H2,(H,24,25)/p-1. The number of aromatic nitrogens is 5. The van der Waals surface area contributed by atoms with Gasteiger partial charge in [-0.15, -0.1) is 5.10 Å². The summed E-state index contributed by atoms with van der Waals surface area (Å²) in [4.78, 5) is 10.3. The van der Waals surface area contributed by atoms with Gasteiger partial charge in [-0.25, -0.2) is 9.97 Å². The highest BCUT2D eigenvalue weighted by Crippen LogP contribution is 2.34. The molecular weight excluding hydrogens is 368 g/mol. The molecule has 1 aromatic carbocycles. The molecule has 10 heteroatoms. The molecule has 0 radical (unpaired) electrons. The summed E-state index contributed by atoms with van der Waals surface area (Å²) in [6.45, 7) is 0.925. The van der Waals surface area contributed by atoms with Gasteiger partial charge in [-0.2, -0.15) is 0 Å². The van der Waals surface area contributed by atoms with Gasteiger partial charge >= 0.3 is 0 Å². The number of fused-ring (bicyclic) bond motifs is 1. The van der Waals surface area contributed by atoms with E-state index in [-0.39, 0.29) is 4.90 Å². The lowest BCUT2D eigenvalue weighted by atomic mass is 10.0. The van der Waals surface area contributed by atoms with Gasteiger partial charge in [0.2, 0.25) is 0 Å². The van der Waals surface area contributed by atoms with Crippen LogP contribution in [0.15, 0.2) is 60.3 Å². The minimum atomic E-state index is -2.29. The van der Waals surface area contributed by atoms with Crippen molar-refractivity contribution in [1.82, 2.24) is 25.0 Å². The lowest BCUT2D eigenvalue weighted by molar-refractivity contribution is 0.0476. The maximum atomic E-state index is 11.3. The molecule has 0 spiro atoms. The summed E-state index contributed by atoms with van der Waals surface area (Å²) < 4.78 is 30.3. The van der Waals surface area contributed by atoms with E-state index in [1.165, 1.54) is 6.33 Å². The van der Waals surface area contributed by atoms with Crippen LogP contribution in [-0.2, 0) is 22.4 Å². The normalized spacial score (nSPS) is 16.9. The Labute approximate surface area is 157 Å². The fraction of sp³-hybridized carbons (Fsp3) is 0.176. The molecule has 2 unspecified atom stereocenters. The second-order valence-corrected chi connectivity index (χ2v) is 6.65.